The summed E-state index contributed by atoms with van der Waals surface area (Å²) in [7, 11) is -2.28. The first-order chi connectivity index (χ1) is 12.1. The van der Waals surface area contributed by atoms with Crippen LogP contribution in [0.25, 0.3) is 0 Å². The van der Waals surface area contributed by atoms with E-state index in [4.69, 9.17) is 0 Å². The van der Waals surface area contributed by atoms with Gasteiger partial charge in [-0.1, -0.05) is 6.92 Å². The first-order valence-corrected chi connectivity index (χ1v) is 9.10. The molecule has 3 rings (SSSR count). The molecule has 1 aliphatic rings. The van der Waals surface area contributed by atoms with Crippen molar-refractivity contribution in [2.75, 3.05) is 23.1 Å². The molecule has 0 bridgehead atoms. The molecule has 0 aromatic carbocycles. The van der Waals surface area contributed by atoms with Crippen molar-refractivity contribution in [2.24, 2.45) is 0 Å². The Bertz CT molecular complexity index is 1020. The fourth-order valence-electron chi connectivity index (χ4n) is 2.64. The molecule has 0 radical (unpaired) electrons. The standard InChI is InChI=1S/C14H14F3N5O3S/c1-3-26(24,25)8-5-4-6-18-11(8)12-20-22-9(14(15,16)17)7-10(23)19-13(22)21(12)2/h4-7,12,20H,3H2,1-2H3. The number of nitrogens with one attached hydrogen (secondary N) is 1. The number of alkyl halides is 3. The second-order valence-corrected chi connectivity index (χ2v) is 7.79. The second kappa shape index (κ2) is 5.97. The molecule has 2 aromatic rings. The number of sulfone groups is 1. The van der Waals surface area contributed by atoms with Crippen LogP contribution in [0.5, 0.6) is 0 Å². The van der Waals surface area contributed by atoms with E-state index in [-0.39, 0.29) is 22.3 Å². The van der Waals surface area contributed by atoms with Gasteiger partial charge in [-0.15, -0.1) is 0 Å². The molecule has 26 heavy (non-hydrogen) atoms. The zero-order valence-electron chi connectivity index (χ0n) is 13.6. The number of hydrogen-bond acceptors (Lipinski definition) is 7. The highest BCUT2D eigenvalue weighted by Crippen LogP contribution is 2.36. The average molecular weight is 389 g/mol. The maximum Gasteiger partial charge on any atom is 0.433 e. The summed E-state index contributed by atoms with van der Waals surface area (Å²) in [4.78, 5) is 20.3. The Labute approximate surface area is 146 Å². The summed E-state index contributed by atoms with van der Waals surface area (Å²) in [5.74, 6) is -0.487. The molecule has 1 aliphatic heterocycles. The van der Waals surface area contributed by atoms with Crippen LogP contribution in [0.3, 0.4) is 0 Å². The van der Waals surface area contributed by atoms with Crippen LogP contribution < -0.4 is 15.9 Å². The van der Waals surface area contributed by atoms with Crippen LogP contribution >= 0.6 is 0 Å². The van der Waals surface area contributed by atoms with Crippen LogP contribution in [-0.2, 0) is 16.0 Å². The third kappa shape index (κ3) is 2.89. The van der Waals surface area contributed by atoms with Gasteiger partial charge in [0.15, 0.2) is 21.7 Å². The number of rotatable bonds is 3. The molecule has 0 fully saturated rings. The van der Waals surface area contributed by atoms with E-state index in [2.05, 4.69) is 15.4 Å². The van der Waals surface area contributed by atoms with E-state index in [1.807, 2.05) is 0 Å². The predicted octanol–water partition coefficient (Wildman–Crippen LogP) is 1.14. The number of fused-ring (bicyclic) bond motifs is 1. The molecular weight excluding hydrogens is 375 g/mol. The van der Waals surface area contributed by atoms with Crippen LogP contribution in [0, 0.1) is 0 Å². The van der Waals surface area contributed by atoms with Gasteiger partial charge in [-0.2, -0.15) is 18.2 Å². The predicted molar refractivity (Wildman–Crippen MR) is 86.0 cm³/mol. The molecule has 12 heteroatoms. The Morgan fingerprint density at radius 3 is 2.65 bits per heavy atom. The third-order valence-electron chi connectivity index (χ3n) is 3.93. The molecular formula is C14H14F3N5O3S. The highest BCUT2D eigenvalue weighted by Gasteiger charge is 2.41. The number of aromatic nitrogens is 3. The summed E-state index contributed by atoms with van der Waals surface area (Å²) in [6, 6.07) is 3.13. The number of hydrogen-bond donors (Lipinski definition) is 1. The van der Waals surface area contributed by atoms with Gasteiger partial charge in [0.2, 0.25) is 5.95 Å². The van der Waals surface area contributed by atoms with Crippen molar-refractivity contribution < 1.29 is 21.6 Å². The van der Waals surface area contributed by atoms with Gasteiger partial charge < -0.3 is 4.90 Å². The van der Waals surface area contributed by atoms with E-state index < -0.39 is 33.4 Å². The van der Waals surface area contributed by atoms with Gasteiger partial charge >= 0.3 is 6.18 Å². The number of pyridine rings is 1. The lowest BCUT2D eigenvalue weighted by molar-refractivity contribution is -0.143. The minimum Gasteiger partial charge on any atom is -0.317 e. The van der Waals surface area contributed by atoms with Crippen molar-refractivity contribution in [1.82, 2.24) is 14.6 Å². The van der Waals surface area contributed by atoms with E-state index >= 15 is 0 Å². The number of halogens is 3. The molecule has 0 amide bonds. The normalized spacial score (nSPS) is 17.1. The lowest BCUT2D eigenvalue weighted by Crippen LogP contribution is -2.28. The van der Waals surface area contributed by atoms with E-state index in [1.165, 1.54) is 37.2 Å². The topological polar surface area (TPSA) is 97.2 Å². The van der Waals surface area contributed by atoms with Crippen LogP contribution in [0.15, 0.2) is 34.1 Å². The van der Waals surface area contributed by atoms with Gasteiger partial charge in [0, 0.05) is 19.3 Å². The molecule has 3 heterocycles. The van der Waals surface area contributed by atoms with E-state index in [0.29, 0.717) is 10.7 Å². The second-order valence-electron chi connectivity index (χ2n) is 5.55. The van der Waals surface area contributed by atoms with Gasteiger partial charge in [0.05, 0.1) is 10.6 Å². The van der Waals surface area contributed by atoms with E-state index in [0.717, 1.165) is 0 Å². The van der Waals surface area contributed by atoms with Crippen LogP contribution in [0.4, 0.5) is 19.1 Å². The van der Waals surface area contributed by atoms with E-state index in [1.54, 1.807) is 0 Å². The molecule has 140 valence electrons. The van der Waals surface area contributed by atoms with Crippen molar-refractivity contribution in [3.63, 3.8) is 0 Å². The van der Waals surface area contributed by atoms with Crippen molar-refractivity contribution in [3.8, 4) is 0 Å². The minimum atomic E-state index is -4.80. The molecule has 1 N–H and O–H groups in total. The fraction of sp³-hybridized carbons (Fsp3) is 0.357. The van der Waals surface area contributed by atoms with Gasteiger partial charge in [-0.05, 0) is 12.1 Å². The van der Waals surface area contributed by atoms with Crippen molar-refractivity contribution in [1.29, 1.82) is 0 Å². The Morgan fingerprint density at radius 1 is 1.35 bits per heavy atom. The lowest BCUT2D eigenvalue weighted by Gasteiger charge is -2.21. The Morgan fingerprint density at radius 2 is 2.04 bits per heavy atom. The van der Waals surface area contributed by atoms with Gasteiger partial charge in [0.25, 0.3) is 5.56 Å². The van der Waals surface area contributed by atoms with Crippen molar-refractivity contribution in [2.45, 2.75) is 24.2 Å². The Balaban J connectivity index is 2.17. The van der Waals surface area contributed by atoms with Gasteiger partial charge in [0.1, 0.15) is 5.69 Å². The SMILES string of the molecule is CCS(=O)(=O)c1cccnc1C1Nn2c(C(F)(F)F)cc(=O)nc2N1C. The van der Waals surface area contributed by atoms with Crippen molar-refractivity contribution in [3.05, 3.63) is 46.1 Å². The molecule has 1 unspecified atom stereocenters. The molecule has 0 spiro atoms. The number of nitrogens with zero attached hydrogens (tertiary/aromatic N) is 4. The van der Waals surface area contributed by atoms with Crippen molar-refractivity contribution >= 4 is 15.8 Å². The monoisotopic (exact) mass is 389 g/mol. The highest BCUT2D eigenvalue weighted by atomic mass is 32.2. The summed E-state index contributed by atoms with van der Waals surface area (Å²) in [5, 5.41) is 0. The fourth-order valence-corrected chi connectivity index (χ4v) is 3.72. The van der Waals surface area contributed by atoms with Crippen LogP contribution in [0.1, 0.15) is 24.5 Å². The summed E-state index contributed by atoms with van der Waals surface area (Å²) < 4.78 is 64.9. The van der Waals surface area contributed by atoms with Crippen LogP contribution in [-0.4, -0.2) is 35.9 Å². The maximum atomic E-state index is 13.2. The van der Waals surface area contributed by atoms with Gasteiger partial charge in [-0.3, -0.25) is 15.2 Å². The largest absolute Gasteiger partial charge is 0.433 e. The zero-order valence-corrected chi connectivity index (χ0v) is 14.5. The quantitative estimate of drug-likeness (QED) is 0.841. The Kier molecular flexibility index (Phi) is 4.17. The summed E-state index contributed by atoms with van der Waals surface area (Å²) >= 11 is 0. The molecule has 0 saturated heterocycles. The lowest BCUT2D eigenvalue weighted by atomic mass is 10.3. The average Bonchev–Trinajstić information content (AvgIpc) is 2.90. The minimum absolute atomic E-state index is 0.0166. The molecule has 0 saturated carbocycles. The zero-order chi connectivity index (χ0) is 19.3. The third-order valence-corrected chi connectivity index (χ3v) is 5.71. The molecule has 0 aliphatic carbocycles. The van der Waals surface area contributed by atoms with E-state index in [9.17, 15) is 26.4 Å². The molecule has 1 atom stereocenters. The Hall–Kier alpha value is -2.63. The van der Waals surface area contributed by atoms with Gasteiger partial charge in [-0.25, -0.2) is 13.1 Å². The first kappa shape index (κ1) is 18.2. The summed E-state index contributed by atoms with van der Waals surface area (Å²) in [5.41, 5.74) is 0.257. The first-order valence-electron chi connectivity index (χ1n) is 7.44. The van der Waals surface area contributed by atoms with Crippen LogP contribution in [0.2, 0.25) is 0 Å². The number of anilines is 1. The molecule has 8 nitrogen and oxygen atoms in total. The summed E-state index contributed by atoms with van der Waals surface area (Å²) in [6.45, 7) is 1.45. The summed E-state index contributed by atoms with van der Waals surface area (Å²) in [6.07, 6.45) is -4.52. The highest BCUT2D eigenvalue weighted by molar-refractivity contribution is 7.91. The smallest absolute Gasteiger partial charge is 0.317 e. The molecule has 2 aromatic heterocycles. The maximum absolute atomic E-state index is 13.2.